The molecule has 2 nitrogen and oxygen atoms in total. The normalized spacial score (nSPS) is 12.6. The first-order valence-corrected chi connectivity index (χ1v) is 6.83. The zero-order valence-electron chi connectivity index (χ0n) is 10.3. The standard InChI is InChI=1S/C14H18N2S/c1-3-13-7-8-14(17-13)11(2)16-10-12-6-4-5-9-15-12/h4-9,11,16H,3,10H2,1-2H3. The van der Waals surface area contributed by atoms with Gasteiger partial charge in [0.2, 0.25) is 0 Å². The van der Waals surface area contributed by atoms with E-state index < -0.39 is 0 Å². The van der Waals surface area contributed by atoms with Crippen LogP contribution >= 0.6 is 11.3 Å². The first-order valence-electron chi connectivity index (χ1n) is 6.01. The molecule has 2 rings (SSSR count). The first kappa shape index (κ1) is 12.3. The first-order chi connectivity index (χ1) is 8.29. The van der Waals surface area contributed by atoms with Crippen molar-refractivity contribution in [2.75, 3.05) is 0 Å². The second-order valence-corrected chi connectivity index (χ2v) is 5.28. The Labute approximate surface area is 107 Å². The maximum absolute atomic E-state index is 4.31. The molecule has 0 amide bonds. The summed E-state index contributed by atoms with van der Waals surface area (Å²) in [7, 11) is 0. The van der Waals surface area contributed by atoms with Crippen LogP contribution in [-0.2, 0) is 13.0 Å². The van der Waals surface area contributed by atoms with Crippen molar-refractivity contribution in [2.24, 2.45) is 0 Å². The van der Waals surface area contributed by atoms with Gasteiger partial charge in [0.25, 0.3) is 0 Å². The van der Waals surface area contributed by atoms with E-state index in [1.165, 1.54) is 9.75 Å². The fraction of sp³-hybridized carbons (Fsp3) is 0.357. The van der Waals surface area contributed by atoms with Crippen LogP contribution in [0.4, 0.5) is 0 Å². The van der Waals surface area contributed by atoms with E-state index in [2.05, 4.69) is 36.3 Å². The summed E-state index contributed by atoms with van der Waals surface area (Å²) in [5.41, 5.74) is 1.09. The van der Waals surface area contributed by atoms with E-state index in [0.29, 0.717) is 6.04 Å². The SMILES string of the molecule is CCc1ccc(C(C)NCc2ccccn2)s1. The lowest BCUT2D eigenvalue weighted by atomic mass is 10.2. The molecule has 1 atom stereocenters. The van der Waals surface area contributed by atoms with Gasteiger partial charge in [-0.05, 0) is 37.6 Å². The van der Waals surface area contributed by atoms with Crippen LogP contribution < -0.4 is 5.32 Å². The van der Waals surface area contributed by atoms with E-state index in [1.54, 1.807) is 0 Å². The Morgan fingerprint density at radius 2 is 2.18 bits per heavy atom. The summed E-state index contributed by atoms with van der Waals surface area (Å²) in [6, 6.07) is 10.8. The minimum absolute atomic E-state index is 0.391. The van der Waals surface area contributed by atoms with Gasteiger partial charge in [0.1, 0.15) is 0 Å². The molecular formula is C14H18N2S. The number of aryl methyl sites for hydroxylation is 1. The van der Waals surface area contributed by atoms with Gasteiger partial charge in [-0.1, -0.05) is 13.0 Å². The van der Waals surface area contributed by atoms with Crippen LogP contribution in [0.5, 0.6) is 0 Å². The summed E-state index contributed by atoms with van der Waals surface area (Å²) in [5.74, 6) is 0. The number of hydrogen-bond donors (Lipinski definition) is 1. The van der Waals surface area contributed by atoms with Crippen LogP contribution in [0.3, 0.4) is 0 Å². The van der Waals surface area contributed by atoms with E-state index in [4.69, 9.17) is 0 Å². The molecule has 0 aliphatic heterocycles. The highest BCUT2D eigenvalue weighted by molar-refractivity contribution is 7.12. The lowest BCUT2D eigenvalue weighted by Crippen LogP contribution is -2.17. The van der Waals surface area contributed by atoms with Crippen molar-refractivity contribution in [3.63, 3.8) is 0 Å². The molecule has 0 aliphatic rings. The van der Waals surface area contributed by atoms with Gasteiger partial charge in [0, 0.05) is 28.5 Å². The van der Waals surface area contributed by atoms with Crippen molar-refractivity contribution in [1.82, 2.24) is 10.3 Å². The monoisotopic (exact) mass is 246 g/mol. The second kappa shape index (κ2) is 5.94. The molecule has 1 N–H and O–H groups in total. The Hall–Kier alpha value is -1.19. The molecule has 1 unspecified atom stereocenters. The zero-order valence-corrected chi connectivity index (χ0v) is 11.1. The highest BCUT2D eigenvalue weighted by Crippen LogP contribution is 2.23. The number of hydrogen-bond acceptors (Lipinski definition) is 3. The lowest BCUT2D eigenvalue weighted by molar-refractivity contribution is 0.575. The van der Waals surface area contributed by atoms with E-state index in [1.807, 2.05) is 35.7 Å². The molecule has 0 saturated heterocycles. The van der Waals surface area contributed by atoms with Gasteiger partial charge in [0.05, 0.1) is 5.69 Å². The maximum atomic E-state index is 4.31. The molecule has 0 aliphatic carbocycles. The molecule has 90 valence electrons. The zero-order chi connectivity index (χ0) is 12.1. The van der Waals surface area contributed by atoms with Gasteiger partial charge in [-0.3, -0.25) is 4.98 Å². The predicted molar refractivity (Wildman–Crippen MR) is 73.2 cm³/mol. The quantitative estimate of drug-likeness (QED) is 0.872. The fourth-order valence-electron chi connectivity index (χ4n) is 1.68. The summed E-state index contributed by atoms with van der Waals surface area (Å²) in [4.78, 5) is 7.16. The van der Waals surface area contributed by atoms with Gasteiger partial charge in [-0.25, -0.2) is 0 Å². The smallest absolute Gasteiger partial charge is 0.0541 e. The fourth-order valence-corrected chi connectivity index (χ4v) is 2.66. The minimum Gasteiger partial charge on any atom is -0.304 e. The summed E-state index contributed by atoms with van der Waals surface area (Å²) < 4.78 is 0. The molecule has 0 radical (unpaired) electrons. The molecule has 0 fully saturated rings. The van der Waals surface area contributed by atoms with Crippen molar-refractivity contribution < 1.29 is 0 Å². The van der Waals surface area contributed by atoms with Crippen molar-refractivity contribution in [3.8, 4) is 0 Å². The number of thiophene rings is 1. The number of rotatable bonds is 5. The Kier molecular flexibility index (Phi) is 4.29. The molecule has 0 bridgehead atoms. The second-order valence-electron chi connectivity index (χ2n) is 4.08. The molecule has 2 aromatic rings. The predicted octanol–water partition coefficient (Wildman–Crippen LogP) is 3.56. The molecular weight excluding hydrogens is 228 g/mol. The van der Waals surface area contributed by atoms with E-state index >= 15 is 0 Å². The van der Waals surface area contributed by atoms with Crippen LogP contribution in [0.2, 0.25) is 0 Å². The molecule has 2 aromatic heterocycles. The van der Waals surface area contributed by atoms with Gasteiger partial charge in [-0.15, -0.1) is 11.3 Å². The largest absolute Gasteiger partial charge is 0.304 e. The summed E-state index contributed by atoms with van der Waals surface area (Å²) in [6.07, 6.45) is 2.96. The molecule has 2 heterocycles. The third-order valence-corrected chi connectivity index (χ3v) is 4.19. The molecule has 0 spiro atoms. The van der Waals surface area contributed by atoms with Gasteiger partial charge in [0.15, 0.2) is 0 Å². The third kappa shape index (κ3) is 3.38. The van der Waals surface area contributed by atoms with Crippen LogP contribution in [-0.4, -0.2) is 4.98 Å². The van der Waals surface area contributed by atoms with Crippen molar-refractivity contribution in [3.05, 3.63) is 52.0 Å². The van der Waals surface area contributed by atoms with Gasteiger partial charge in [-0.2, -0.15) is 0 Å². The molecule has 0 aromatic carbocycles. The van der Waals surface area contributed by atoms with Gasteiger partial charge < -0.3 is 5.32 Å². The highest BCUT2D eigenvalue weighted by atomic mass is 32.1. The Morgan fingerprint density at radius 1 is 1.29 bits per heavy atom. The minimum atomic E-state index is 0.391. The third-order valence-electron chi connectivity index (χ3n) is 2.77. The van der Waals surface area contributed by atoms with E-state index in [0.717, 1.165) is 18.7 Å². The average molecular weight is 246 g/mol. The van der Waals surface area contributed by atoms with Crippen molar-refractivity contribution in [1.29, 1.82) is 0 Å². The Bertz CT molecular complexity index is 450. The van der Waals surface area contributed by atoms with Gasteiger partial charge >= 0.3 is 0 Å². The Morgan fingerprint density at radius 3 is 2.82 bits per heavy atom. The summed E-state index contributed by atoms with van der Waals surface area (Å²) in [6.45, 7) is 5.22. The summed E-state index contributed by atoms with van der Waals surface area (Å²) >= 11 is 1.89. The molecule has 17 heavy (non-hydrogen) atoms. The van der Waals surface area contributed by atoms with Crippen LogP contribution in [0.15, 0.2) is 36.5 Å². The maximum Gasteiger partial charge on any atom is 0.0541 e. The molecule has 3 heteroatoms. The van der Waals surface area contributed by atoms with Crippen molar-refractivity contribution in [2.45, 2.75) is 32.9 Å². The topological polar surface area (TPSA) is 24.9 Å². The van der Waals surface area contributed by atoms with Crippen LogP contribution in [0.25, 0.3) is 0 Å². The number of nitrogens with zero attached hydrogens (tertiary/aromatic N) is 1. The molecule has 0 saturated carbocycles. The van der Waals surface area contributed by atoms with Crippen LogP contribution in [0.1, 0.15) is 35.3 Å². The lowest BCUT2D eigenvalue weighted by Gasteiger charge is -2.11. The van der Waals surface area contributed by atoms with Crippen LogP contribution in [0, 0.1) is 0 Å². The highest BCUT2D eigenvalue weighted by Gasteiger charge is 2.07. The van der Waals surface area contributed by atoms with E-state index in [-0.39, 0.29) is 0 Å². The number of nitrogens with one attached hydrogen (secondary N) is 1. The summed E-state index contributed by atoms with van der Waals surface area (Å²) in [5, 5.41) is 3.50. The van der Waals surface area contributed by atoms with Crippen molar-refractivity contribution >= 4 is 11.3 Å². The number of aromatic nitrogens is 1. The number of pyridine rings is 1. The Balaban J connectivity index is 1.91. The average Bonchev–Trinajstić information content (AvgIpc) is 2.86. The van der Waals surface area contributed by atoms with E-state index in [9.17, 15) is 0 Å².